The Morgan fingerprint density at radius 1 is 1.16 bits per heavy atom. The van der Waals surface area contributed by atoms with E-state index < -0.39 is 0 Å². The molecule has 0 aliphatic carbocycles. The van der Waals surface area contributed by atoms with E-state index in [0.29, 0.717) is 5.56 Å². The maximum atomic E-state index is 11.3. The second kappa shape index (κ2) is 5.74. The van der Waals surface area contributed by atoms with Crippen LogP contribution in [0.25, 0.3) is 0 Å². The topological polar surface area (TPSA) is 38.3 Å². The first-order chi connectivity index (χ1) is 9.22. The van der Waals surface area contributed by atoms with Gasteiger partial charge in [0.15, 0.2) is 0 Å². The molecule has 0 aliphatic heterocycles. The van der Waals surface area contributed by atoms with Crippen LogP contribution in [0.2, 0.25) is 0 Å². The highest BCUT2D eigenvalue weighted by molar-refractivity contribution is 5.89. The third-order valence-corrected chi connectivity index (χ3v) is 2.62. The molecule has 0 spiro atoms. The van der Waals surface area contributed by atoms with Crippen LogP contribution in [0.4, 0.5) is 11.4 Å². The van der Waals surface area contributed by atoms with Crippen LogP contribution in [0.3, 0.4) is 0 Å². The van der Waals surface area contributed by atoms with Crippen molar-refractivity contribution in [3.63, 3.8) is 0 Å². The molecular formula is C16H13NO2. The standard InChI is InChI=1S/C16H13NO2/c1-3-12-5-4-6-15(11-12)17-14-9-7-13(8-10-14)16(18)19-2/h1,4-11,17H,2H3. The molecule has 0 radical (unpaired) electrons. The highest BCUT2D eigenvalue weighted by Crippen LogP contribution is 2.18. The van der Waals surface area contributed by atoms with Gasteiger partial charge in [0, 0.05) is 16.9 Å². The minimum absolute atomic E-state index is 0.346. The monoisotopic (exact) mass is 251 g/mol. The molecule has 2 aromatic rings. The Kier molecular flexibility index (Phi) is 3.84. The number of anilines is 2. The number of nitrogens with one attached hydrogen (secondary N) is 1. The highest BCUT2D eigenvalue weighted by Gasteiger charge is 2.04. The molecule has 1 N–H and O–H groups in total. The number of ether oxygens (including phenoxy) is 1. The smallest absolute Gasteiger partial charge is 0.337 e. The zero-order valence-electron chi connectivity index (χ0n) is 10.5. The molecule has 0 aromatic heterocycles. The lowest BCUT2D eigenvalue weighted by molar-refractivity contribution is 0.0601. The molecule has 2 aromatic carbocycles. The molecule has 0 saturated carbocycles. The van der Waals surface area contributed by atoms with E-state index in [-0.39, 0.29) is 5.97 Å². The van der Waals surface area contributed by atoms with Crippen molar-refractivity contribution < 1.29 is 9.53 Å². The van der Waals surface area contributed by atoms with Gasteiger partial charge in [0.25, 0.3) is 0 Å². The van der Waals surface area contributed by atoms with E-state index in [1.807, 2.05) is 36.4 Å². The van der Waals surface area contributed by atoms with E-state index >= 15 is 0 Å². The fraction of sp³-hybridized carbons (Fsp3) is 0.0625. The third-order valence-electron chi connectivity index (χ3n) is 2.62. The number of carbonyl (C=O) groups excluding carboxylic acids is 1. The summed E-state index contributed by atoms with van der Waals surface area (Å²) in [6.45, 7) is 0. The molecule has 3 nitrogen and oxygen atoms in total. The third kappa shape index (κ3) is 3.14. The van der Waals surface area contributed by atoms with Crippen LogP contribution in [-0.2, 0) is 4.74 Å². The number of methoxy groups -OCH3 is 1. The Bertz CT molecular complexity index is 624. The predicted molar refractivity (Wildman–Crippen MR) is 75.4 cm³/mol. The Morgan fingerprint density at radius 3 is 2.53 bits per heavy atom. The summed E-state index contributed by atoms with van der Waals surface area (Å²) in [5.74, 6) is 2.24. The van der Waals surface area contributed by atoms with E-state index in [2.05, 4.69) is 16.0 Å². The number of carbonyl (C=O) groups is 1. The SMILES string of the molecule is C#Cc1cccc(Nc2ccc(C(=O)OC)cc2)c1. The van der Waals surface area contributed by atoms with Crippen molar-refractivity contribution in [1.29, 1.82) is 0 Å². The van der Waals surface area contributed by atoms with Crippen LogP contribution in [0.1, 0.15) is 15.9 Å². The van der Waals surface area contributed by atoms with E-state index in [4.69, 9.17) is 6.42 Å². The van der Waals surface area contributed by atoms with Gasteiger partial charge in [-0.3, -0.25) is 0 Å². The lowest BCUT2D eigenvalue weighted by Gasteiger charge is -2.07. The first kappa shape index (κ1) is 12.7. The lowest BCUT2D eigenvalue weighted by atomic mass is 10.2. The van der Waals surface area contributed by atoms with Gasteiger partial charge >= 0.3 is 5.97 Å². The van der Waals surface area contributed by atoms with Crippen molar-refractivity contribution in [1.82, 2.24) is 0 Å². The quantitative estimate of drug-likeness (QED) is 0.672. The van der Waals surface area contributed by atoms with Gasteiger partial charge in [-0.05, 0) is 42.5 Å². The van der Waals surface area contributed by atoms with Crippen molar-refractivity contribution in [2.24, 2.45) is 0 Å². The van der Waals surface area contributed by atoms with Crippen molar-refractivity contribution in [2.45, 2.75) is 0 Å². The number of rotatable bonds is 3. The second-order valence-corrected chi connectivity index (χ2v) is 3.92. The van der Waals surface area contributed by atoms with Gasteiger partial charge in [-0.2, -0.15) is 0 Å². The summed E-state index contributed by atoms with van der Waals surface area (Å²) >= 11 is 0. The van der Waals surface area contributed by atoms with Crippen molar-refractivity contribution in [2.75, 3.05) is 12.4 Å². The summed E-state index contributed by atoms with van der Waals surface area (Å²) in [7, 11) is 1.36. The number of benzene rings is 2. The van der Waals surface area contributed by atoms with Crippen LogP contribution in [0.15, 0.2) is 48.5 Å². The van der Waals surface area contributed by atoms with Gasteiger partial charge in [0.2, 0.25) is 0 Å². The maximum absolute atomic E-state index is 11.3. The van der Waals surface area contributed by atoms with Gasteiger partial charge in [-0.15, -0.1) is 6.42 Å². The van der Waals surface area contributed by atoms with E-state index in [9.17, 15) is 4.79 Å². The van der Waals surface area contributed by atoms with Crippen molar-refractivity contribution >= 4 is 17.3 Å². The zero-order chi connectivity index (χ0) is 13.7. The van der Waals surface area contributed by atoms with E-state index in [1.54, 1.807) is 12.1 Å². The molecule has 0 amide bonds. The highest BCUT2D eigenvalue weighted by atomic mass is 16.5. The van der Waals surface area contributed by atoms with Crippen LogP contribution in [0, 0.1) is 12.3 Å². The number of hydrogen-bond acceptors (Lipinski definition) is 3. The zero-order valence-corrected chi connectivity index (χ0v) is 10.5. The Hall–Kier alpha value is -2.73. The van der Waals surface area contributed by atoms with Crippen LogP contribution < -0.4 is 5.32 Å². The average molecular weight is 251 g/mol. The number of terminal acetylenes is 1. The van der Waals surface area contributed by atoms with Gasteiger partial charge in [0.05, 0.1) is 12.7 Å². The Labute approximate surface area is 112 Å². The molecule has 0 fully saturated rings. The lowest BCUT2D eigenvalue weighted by Crippen LogP contribution is -2.00. The molecule has 0 saturated heterocycles. The summed E-state index contributed by atoms with van der Waals surface area (Å²) in [6.07, 6.45) is 5.35. The predicted octanol–water partition coefficient (Wildman–Crippen LogP) is 3.20. The Morgan fingerprint density at radius 2 is 1.89 bits per heavy atom. The summed E-state index contributed by atoms with van der Waals surface area (Å²) in [5.41, 5.74) is 3.12. The molecular weight excluding hydrogens is 238 g/mol. The van der Waals surface area contributed by atoms with Gasteiger partial charge in [0.1, 0.15) is 0 Å². The van der Waals surface area contributed by atoms with Crippen LogP contribution in [0.5, 0.6) is 0 Å². The maximum Gasteiger partial charge on any atom is 0.337 e. The molecule has 94 valence electrons. The fourth-order valence-electron chi connectivity index (χ4n) is 1.66. The molecule has 0 heterocycles. The molecule has 0 aliphatic rings. The second-order valence-electron chi connectivity index (χ2n) is 3.92. The van der Waals surface area contributed by atoms with Gasteiger partial charge in [-0.25, -0.2) is 4.79 Å². The molecule has 2 rings (SSSR count). The van der Waals surface area contributed by atoms with Gasteiger partial charge < -0.3 is 10.1 Å². The summed E-state index contributed by atoms with van der Waals surface area (Å²) in [4.78, 5) is 11.3. The first-order valence-electron chi connectivity index (χ1n) is 5.75. The minimum atomic E-state index is -0.346. The average Bonchev–Trinajstić information content (AvgIpc) is 2.47. The first-order valence-corrected chi connectivity index (χ1v) is 5.75. The molecule has 0 unspecified atom stereocenters. The van der Waals surface area contributed by atoms with Crippen molar-refractivity contribution in [3.8, 4) is 12.3 Å². The van der Waals surface area contributed by atoms with E-state index in [0.717, 1.165) is 16.9 Å². The molecule has 0 bridgehead atoms. The normalized spacial score (nSPS) is 9.47. The molecule has 3 heteroatoms. The van der Waals surface area contributed by atoms with E-state index in [1.165, 1.54) is 7.11 Å². The van der Waals surface area contributed by atoms with Crippen LogP contribution >= 0.6 is 0 Å². The minimum Gasteiger partial charge on any atom is -0.465 e. The Balaban J connectivity index is 2.15. The largest absolute Gasteiger partial charge is 0.465 e. The number of esters is 1. The van der Waals surface area contributed by atoms with Crippen molar-refractivity contribution in [3.05, 3.63) is 59.7 Å². The van der Waals surface area contributed by atoms with Gasteiger partial charge in [-0.1, -0.05) is 12.0 Å². The molecule has 19 heavy (non-hydrogen) atoms. The van der Waals surface area contributed by atoms with Crippen LogP contribution in [-0.4, -0.2) is 13.1 Å². The summed E-state index contributed by atoms with van der Waals surface area (Å²) in [6, 6.07) is 14.6. The summed E-state index contributed by atoms with van der Waals surface area (Å²) in [5, 5.41) is 3.22. The summed E-state index contributed by atoms with van der Waals surface area (Å²) < 4.78 is 4.64. The number of hydrogen-bond donors (Lipinski definition) is 1. The fourth-order valence-corrected chi connectivity index (χ4v) is 1.66. The molecule has 0 atom stereocenters.